The summed E-state index contributed by atoms with van der Waals surface area (Å²) >= 11 is 5.67. The molecule has 0 saturated heterocycles. The van der Waals surface area contributed by atoms with Crippen LogP contribution >= 0.6 is 11.6 Å². The van der Waals surface area contributed by atoms with Gasteiger partial charge in [-0.1, -0.05) is 11.6 Å². The van der Waals surface area contributed by atoms with Crippen LogP contribution in [-0.4, -0.2) is 41.4 Å². The molecule has 0 unspecified atom stereocenters. The van der Waals surface area contributed by atoms with E-state index in [1.807, 2.05) is 0 Å². The Morgan fingerprint density at radius 2 is 2.08 bits per heavy atom. The molecule has 0 spiro atoms. The van der Waals surface area contributed by atoms with Crippen LogP contribution in [0.4, 0.5) is 5.69 Å². The predicted octanol–water partition coefficient (Wildman–Crippen LogP) is 1.19. The average molecular weight is 370 g/mol. The van der Waals surface area contributed by atoms with Crippen LogP contribution in [0.25, 0.3) is 0 Å². The van der Waals surface area contributed by atoms with E-state index in [2.05, 4.69) is 10.6 Å². The normalized spacial score (nSPS) is 14.3. The number of carbonyl (C=O) groups excluding carboxylic acids is 3. The Morgan fingerprint density at radius 1 is 1.40 bits per heavy atom. The number of nitro benzene ring substituents is 1. The molecule has 1 atom stereocenters. The molecule has 10 heteroatoms. The standard InChI is InChI=1S/C15H16ClN3O6/c1-8(14(21)18-10-3-4-10)25-13(20)7-17-15(22)9-2-5-11(16)12(6-9)19(23)24/h2,5-6,8,10H,3-4,7H2,1H3,(H,17,22)(H,18,21)/t8-/m1/s1. The maximum absolute atomic E-state index is 11.9. The van der Waals surface area contributed by atoms with Gasteiger partial charge in [0.15, 0.2) is 6.10 Å². The van der Waals surface area contributed by atoms with E-state index in [4.69, 9.17) is 16.3 Å². The van der Waals surface area contributed by atoms with Crippen molar-refractivity contribution in [2.45, 2.75) is 31.9 Å². The van der Waals surface area contributed by atoms with Gasteiger partial charge in [0.2, 0.25) is 0 Å². The highest BCUT2D eigenvalue weighted by atomic mass is 35.5. The molecule has 1 aromatic rings. The quantitative estimate of drug-likeness (QED) is 0.422. The van der Waals surface area contributed by atoms with Crippen LogP contribution in [0.1, 0.15) is 30.1 Å². The number of nitro groups is 1. The number of halogens is 1. The van der Waals surface area contributed by atoms with Crippen molar-refractivity contribution in [3.8, 4) is 0 Å². The van der Waals surface area contributed by atoms with Gasteiger partial charge in [-0.3, -0.25) is 24.5 Å². The molecule has 2 rings (SSSR count). The topological polar surface area (TPSA) is 128 Å². The molecular formula is C15H16ClN3O6. The minimum atomic E-state index is -0.971. The number of hydrogen-bond donors (Lipinski definition) is 2. The van der Waals surface area contributed by atoms with Crippen LogP contribution in [-0.2, 0) is 14.3 Å². The monoisotopic (exact) mass is 369 g/mol. The summed E-state index contributed by atoms with van der Waals surface area (Å²) in [5.74, 6) is -1.89. The molecule has 0 bridgehead atoms. The van der Waals surface area contributed by atoms with Gasteiger partial charge < -0.3 is 15.4 Å². The van der Waals surface area contributed by atoms with Gasteiger partial charge in [-0.25, -0.2) is 0 Å². The molecule has 0 aliphatic heterocycles. The van der Waals surface area contributed by atoms with Gasteiger partial charge in [0.25, 0.3) is 17.5 Å². The number of carbonyl (C=O) groups is 3. The van der Waals surface area contributed by atoms with Crippen molar-refractivity contribution in [2.75, 3.05) is 6.54 Å². The second kappa shape index (κ2) is 7.93. The van der Waals surface area contributed by atoms with Crippen LogP contribution in [0.15, 0.2) is 18.2 Å². The summed E-state index contributed by atoms with van der Waals surface area (Å²) in [6.07, 6.45) is 0.854. The molecule has 9 nitrogen and oxygen atoms in total. The second-order valence-electron chi connectivity index (χ2n) is 5.52. The second-order valence-corrected chi connectivity index (χ2v) is 5.93. The summed E-state index contributed by atoms with van der Waals surface area (Å²) in [6, 6.07) is 3.67. The number of benzene rings is 1. The van der Waals surface area contributed by atoms with Gasteiger partial charge >= 0.3 is 5.97 Å². The lowest BCUT2D eigenvalue weighted by Crippen LogP contribution is -2.39. The zero-order chi connectivity index (χ0) is 18.6. The fourth-order valence-electron chi connectivity index (χ4n) is 1.89. The smallest absolute Gasteiger partial charge is 0.326 e. The summed E-state index contributed by atoms with van der Waals surface area (Å²) < 4.78 is 4.91. The van der Waals surface area contributed by atoms with Crippen molar-refractivity contribution >= 4 is 35.1 Å². The lowest BCUT2D eigenvalue weighted by molar-refractivity contribution is -0.384. The molecule has 1 aromatic carbocycles. The summed E-state index contributed by atoms with van der Waals surface area (Å²) in [5.41, 5.74) is -0.439. The van der Waals surface area contributed by atoms with Crippen LogP contribution in [0.2, 0.25) is 5.02 Å². The highest BCUT2D eigenvalue weighted by molar-refractivity contribution is 6.32. The van der Waals surface area contributed by atoms with Crippen molar-refractivity contribution < 1.29 is 24.0 Å². The highest BCUT2D eigenvalue weighted by Crippen LogP contribution is 2.25. The number of nitrogens with one attached hydrogen (secondary N) is 2. The third kappa shape index (κ3) is 5.42. The lowest BCUT2D eigenvalue weighted by atomic mass is 10.2. The van der Waals surface area contributed by atoms with Gasteiger partial charge in [-0.2, -0.15) is 0 Å². The summed E-state index contributed by atoms with van der Waals surface area (Å²) in [7, 11) is 0. The van der Waals surface area contributed by atoms with Crippen LogP contribution in [0.5, 0.6) is 0 Å². The predicted molar refractivity (Wildman–Crippen MR) is 87.2 cm³/mol. The molecule has 0 heterocycles. The van der Waals surface area contributed by atoms with E-state index in [-0.39, 0.29) is 16.6 Å². The van der Waals surface area contributed by atoms with Crippen molar-refractivity contribution in [2.24, 2.45) is 0 Å². The number of rotatable bonds is 7. The van der Waals surface area contributed by atoms with E-state index in [1.165, 1.54) is 19.1 Å². The van der Waals surface area contributed by atoms with Gasteiger partial charge in [0, 0.05) is 17.7 Å². The van der Waals surface area contributed by atoms with E-state index in [1.54, 1.807) is 0 Å². The Kier molecular flexibility index (Phi) is 5.92. The Bertz CT molecular complexity index is 719. The number of esters is 1. The maximum Gasteiger partial charge on any atom is 0.326 e. The average Bonchev–Trinajstić information content (AvgIpc) is 3.36. The summed E-state index contributed by atoms with van der Waals surface area (Å²) in [5, 5.41) is 15.7. The Balaban J connectivity index is 1.84. The van der Waals surface area contributed by atoms with E-state index in [9.17, 15) is 24.5 Å². The molecule has 1 aliphatic carbocycles. The maximum atomic E-state index is 11.9. The molecule has 2 N–H and O–H groups in total. The molecule has 2 amide bonds. The van der Waals surface area contributed by atoms with Gasteiger partial charge in [0.1, 0.15) is 11.6 Å². The largest absolute Gasteiger partial charge is 0.451 e. The van der Waals surface area contributed by atoms with Crippen molar-refractivity contribution in [1.29, 1.82) is 0 Å². The zero-order valence-electron chi connectivity index (χ0n) is 13.3. The number of hydrogen-bond acceptors (Lipinski definition) is 6. The Hall–Kier alpha value is -2.68. The third-order valence-electron chi connectivity index (χ3n) is 3.40. The minimum absolute atomic E-state index is 0.0246. The summed E-state index contributed by atoms with van der Waals surface area (Å²) in [4.78, 5) is 45.4. The van der Waals surface area contributed by atoms with Crippen molar-refractivity contribution in [3.63, 3.8) is 0 Å². The first-order chi connectivity index (χ1) is 11.8. The highest BCUT2D eigenvalue weighted by Gasteiger charge is 2.27. The first-order valence-corrected chi connectivity index (χ1v) is 7.87. The molecule has 1 saturated carbocycles. The van der Waals surface area contributed by atoms with Crippen molar-refractivity contribution in [3.05, 3.63) is 38.9 Å². The third-order valence-corrected chi connectivity index (χ3v) is 3.72. The number of ether oxygens (including phenoxy) is 1. The fourth-order valence-corrected chi connectivity index (χ4v) is 2.07. The molecule has 1 fully saturated rings. The Labute approximate surface area is 147 Å². The molecular weight excluding hydrogens is 354 g/mol. The van der Waals surface area contributed by atoms with Crippen LogP contribution < -0.4 is 10.6 Å². The van der Waals surface area contributed by atoms with Crippen molar-refractivity contribution in [1.82, 2.24) is 10.6 Å². The number of nitrogens with zero attached hydrogens (tertiary/aromatic N) is 1. The van der Waals surface area contributed by atoms with Crippen LogP contribution in [0, 0.1) is 10.1 Å². The molecule has 134 valence electrons. The van der Waals surface area contributed by atoms with E-state index in [0.717, 1.165) is 18.9 Å². The van der Waals surface area contributed by atoms with Gasteiger partial charge in [-0.05, 0) is 31.9 Å². The molecule has 25 heavy (non-hydrogen) atoms. The van der Waals surface area contributed by atoms with E-state index in [0.29, 0.717) is 0 Å². The number of amides is 2. The zero-order valence-corrected chi connectivity index (χ0v) is 14.0. The van der Waals surface area contributed by atoms with Gasteiger partial charge in [-0.15, -0.1) is 0 Å². The lowest BCUT2D eigenvalue weighted by Gasteiger charge is -2.13. The molecule has 0 radical (unpaired) electrons. The van der Waals surface area contributed by atoms with Crippen LogP contribution in [0.3, 0.4) is 0 Å². The molecule has 0 aromatic heterocycles. The Morgan fingerprint density at radius 3 is 2.68 bits per heavy atom. The van der Waals surface area contributed by atoms with E-state index < -0.39 is 41.0 Å². The van der Waals surface area contributed by atoms with E-state index >= 15 is 0 Å². The minimum Gasteiger partial charge on any atom is -0.451 e. The first kappa shape index (κ1) is 18.7. The fraction of sp³-hybridized carbons (Fsp3) is 0.400. The molecule has 1 aliphatic rings. The first-order valence-electron chi connectivity index (χ1n) is 7.50. The SMILES string of the molecule is C[C@@H](OC(=O)CNC(=O)c1ccc(Cl)c([N+](=O)[O-])c1)C(=O)NC1CC1. The summed E-state index contributed by atoms with van der Waals surface area (Å²) in [6.45, 7) is 0.955. The van der Waals surface area contributed by atoms with Gasteiger partial charge in [0.05, 0.1) is 4.92 Å².